The van der Waals surface area contributed by atoms with Crippen LogP contribution in [0.2, 0.25) is 0 Å². The minimum Gasteiger partial charge on any atom is -0.476 e. The normalized spacial score (nSPS) is 11.2. The number of sulfone groups is 1. The van der Waals surface area contributed by atoms with Crippen molar-refractivity contribution in [1.29, 1.82) is 0 Å². The predicted octanol–water partition coefficient (Wildman–Crippen LogP) is -0.0653. The van der Waals surface area contributed by atoms with Gasteiger partial charge in [0.25, 0.3) is 0 Å². The van der Waals surface area contributed by atoms with Gasteiger partial charge in [-0.2, -0.15) is 0 Å². The number of nitrogens with one attached hydrogen (secondary N) is 1. The third-order valence-electron chi connectivity index (χ3n) is 2.13. The number of carboxylic acids is 1. The van der Waals surface area contributed by atoms with E-state index in [1.165, 1.54) is 16.7 Å². The Labute approximate surface area is 114 Å². The largest absolute Gasteiger partial charge is 0.476 e. The lowest BCUT2D eigenvalue weighted by Gasteiger charge is -2.02. The first kappa shape index (κ1) is 15.6. The number of hydrogen-bond donors (Lipinski definition) is 2. The molecule has 1 rings (SSSR count). The van der Waals surface area contributed by atoms with Crippen molar-refractivity contribution in [3.63, 3.8) is 0 Å². The molecule has 1 aromatic rings. The molecule has 0 spiro atoms. The number of carboxylic acid groups (broad SMARTS) is 1. The Balaban J connectivity index is 2.29. The molecule has 0 aliphatic heterocycles. The average molecular weight is 306 g/mol. The lowest BCUT2D eigenvalue weighted by molar-refractivity contribution is -0.120. The Morgan fingerprint density at radius 2 is 2.16 bits per heavy atom. The average Bonchev–Trinajstić information content (AvgIpc) is 2.74. The van der Waals surface area contributed by atoms with Crippen LogP contribution in [-0.4, -0.2) is 48.9 Å². The zero-order valence-corrected chi connectivity index (χ0v) is 11.9. The highest BCUT2D eigenvalue weighted by Gasteiger charge is 2.10. The van der Waals surface area contributed by atoms with Gasteiger partial charge in [0.2, 0.25) is 5.91 Å². The molecule has 0 radical (unpaired) electrons. The van der Waals surface area contributed by atoms with E-state index in [2.05, 4.69) is 10.3 Å². The van der Waals surface area contributed by atoms with Crippen LogP contribution in [0.3, 0.4) is 0 Å². The van der Waals surface area contributed by atoms with E-state index in [0.29, 0.717) is 18.0 Å². The summed E-state index contributed by atoms with van der Waals surface area (Å²) in [4.78, 5) is 25.8. The van der Waals surface area contributed by atoms with Crippen LogP contribution in [0.4, 0.5) is 0 Å². The molecule has 0 aliphatic rings. The standard InChI is InChI=1S/C10H14N2O5S2/c1-19(16,17)5-3-8(13)11-4-2-9-12-7(6-18-9)10(14)15/h6H,2-5H2,1H3,(H,11,13)(H,14,15). The van der Waals surface area contributed by atoms with Crippen molar-refractivity contribution in [2.24, 2.45) is 0 Å². The summed E-state index contributed by atoms with van der Waals surface area (Å²) in [6.45, 7) is 0.301. The van der Waals surface area contributed by atoms with Crippen molar-refractivity contribution in [3.05, 3.63) is 16.1 Å². The van der Waals surface area contributed by atoms with Crippen molar-refractivity contribution >= 4 is 33.1 Å². The van der Waals surface area contributed by atoms with Crippen molar-refractivity contribution in [1.82, 2.24) is 10.3 Å². The number of thiazole rings is 1. The number of carbonyl (C=O) groups excluding carboxylic acids is 1. The summed E-state index contributed by atoms with van der Waals surface area (Å²) in [6.07, 6.45) is 1.42. The SMILES string of the molecule is CS(=O)(=O)CCC(=O)NCCc1nc(C(=O)O)cs1. The molecule has 1 amide bonds. The van der Waals surface area contributed by atoms with Crippen LogP contribution >= 0.6 is 11.3 Å². The maximum Gasteiger partial charge on any atom is 0.355 e. The van der Waals surface area contributed by atoms with Crippen LogP contribution in [0.15, 0.2) is 5.38 Å². The van der Waals surface area contributed by atoms with Gasteiger partial charge in [0.05, 0.1) is 10.8 Å². The number of amides is 1. The van der Waals surface area contributed by atoms with Crippen molar-refractivity contribution in [2.45, 2.75) is 12.8 Å². The summed E-state index contributed by atoms with van der Waals surface area (Å²) >= 11 is 1.21. The Kier molecular flexibility index (Phi) is 5.43. The van der Waals surface area contributed by atoms with Gasteiger partial charge in [-0.1, -0.05) is 0 Å². The van der Waals surface area contributed by atoms with Gasteiger partial charge in [0.15, 0.2) is 5.69 Å². The Morgan fingerprint density at radius 3 is 2.68 bits per heavy atom. The Hall–Kier alpha value is -1.48. The van der Waals surface area contributed by atoms with Gasteiger partial charge in [-0.05, 0) is 0 Å². The van der Waals surface area contributed by atoms with E-state index in [9.17, 15) is 18.0 Å². The highest BCUT2D eigenvalue weighted by molar-refractivity contribution is 7.90. The van der Waals surface area contributed by atoms with E-state index in [1.807, 2.05) is 0 Å². The summed E-state index contributed by atoms with van der Waals surface area (Å²) in [6, 6.07) is 0. The van der Waals surface area contributed by atoms with Crippen LogP contribution in [0.25, 0.3) is 0 Å². The minimum atomic E-state index is -3.14. The second-order valence-corrected chi connectivity index (χ2v) is 7.11. The number of nitrogens with zero attached hydrogens (tertiary/aromatic N) is 1. The molecule has 1 heterocycles. The van der Waals surface area contributed by atoms with Gasteiger partial charge in [0.1, 0.15) is 9.84 Å². The Bertz CT molecular complexity index is 564. The fourth-order valence-electron chi connectivity index (χ4n) is 1.20. The fourth-order valence-corrected chi connectivity index (χ4v) is 2.53. The van der Waals surface area contributed by atoms with Gasteiger partial charge in [-0.15, -0.1) is 11.3 Å². The van der Waals surface area contributed by atoms with E-state index in [-0.39, 0.29) is 23.8 Å². The maximum atomic E-state index is 11.3. The summed E-state index contributed by atoms with van der Waals surface area (Å²) < 4.78 is 21.7. The van der Waals surface area contributed by atoms with Crippen molar-refractivity contribution < 1.29 is 23.1 Å². The lowest BCUT2D eigenvalue weighted by Crippen LogP contribution is -2.27. The van der Waals surface area contributed by atoms with Crippen LogP contribution in [0, 0.1) is 0 Å². The number of aromatic carboxylic acids is 1. The van der Waals surface area contributed by atoms with Crippen LogP contribution < -0.4 is 5.32 Å². The van der Waals surface area contributed by atoms with Gasteiger partial charge < -0.3 is 10.4 Å². The molecule has 0 saturated carbocycles. The van der Waals surface area contributed by atoms with Crippen LogP contribution in [0.1, 0.15) is 21.9 Å². The molecule has 0 unspecified atom stereocenters. The first-order valence-electron chi connectivity index (χ1n) is 5.40. The van der Waals surface area contributed by atoms with Gasteiger partial charge in [-0.3, -0.25) is 4.79 Å². The van der Waals surface area contributed by atoms with E-state index >= 15 is 0 Å². The monoisotopic (exact) mass is 306 g/mol. The first-order chi connectivity index (χ1) is 8.78. The lowest BCUT2D eigenvalue weighted by atomic mass is 10.4. The smallest absolute Gasteiger partial charge is 0.355 e. The molecule has 9 heteroatoms. The molecule has 0 atom stereocenters. The Morgan fingerprint density at radius 1 is 1.47 bits per heavy atom. The molecule has 2 N–H and O–H groups in total. The van der Waals surface area contributed by atoms with Crippen LogP contribution in [0.5, 0.6) is 0 Å². The van der Waals surface area contributed by atoms with E-state index in [1.54, 1.807) is 0 Å². The molecule has 0 saturated heterocycles. The molecule has 7 nitrogen and oxygen atoms in total. The highest BCUT2D eigenvalue weighted by atomic mass is 32.2. The first-order valence-corrected chi connectivity index (χ1v) is 8.34. The molecule has 106 valence electrons. The van der Waals surface area contributed by atoms with E-state index in [4.69, 9.17) is 5.11 Å². The summed E-state index contributed by atoms with van der Waals surface area (Å²) in [5.74, 6) is -1.61. The third-order valence-corrected chi connectivity index (χ3v) is 3.99. The highest BCUT2D eigenvalue weighted by Crippen LogP contribution is 2.09. The number of carbonyl (C=O) groups is 2. The topological polar surface area (TPSA) is 113 Å². The summed E-state index contributed by atoms with van der Waals surface area (Å²) in [7, 11) is -3.14. The molecule has 0 bridgehead atoms. The number of aromatic nitrogens is 1. The second kappa shape index (κ2) is 6.62. The van der Waals surface area contributed by atoms with Gasteiger partial charge in [-0.25, -0.2) is 18.2 Å². The third kappa shape index (κ3) is 6.30. The molecule has 19 heavy (non-hydrogen) atoms. The minimum absolute atomic E-state index is 0.0107. The van der Waals surface area contributed by atoms with Crippen molar-refractivity contribution in [3.8, 4) is 0 Å². The fraction of sp³-hybridized carbons (Fsp3) is 0.500. The molecule has 0 fully saturated rings. The van der Waals surface area contributed by atoms with Crippen molar-refractivity contribution in [2.75, 3.05) is 18.6 Å². The quantitative estimate of drug-likeness (QED) is 0.729. The molecule has 0 aliphatic carbocycles. The summed E-state index contributed by atoms with van der Waals surface area (Å²) in [5, 5.41) is 13.3. The van der Waals surface area contributed by atoms with Gasteiger partial charge >= 0.3 is 5.97 Å². The zero-order chi connectivity index (χ0) is 14.5. The predicted molar refractivity (Wildman–Crippen MR) is 70.1 cm³/mol. The van der Waals surface area contributed by atoms with E-state index in [0.717, 1.165) is 6.26 Å². The number of rotatable bonds is 7. The molecular weight excluding hydrogens is 292 g/mol. The molecule has 0 aromatic carbocycles. The number of hydrogen-bond acceptors (Lipinski definition) is 6. The maximum absolute atomic E-state index is 11.3. The summed E-state index contributed by atoms with van der Waals surface area (Å²) in [5.41, 5.74) is -0.0107. The van der Waals surface area contributed by atoms with E-state index < -0.39 is 15.8 Å². The van der Waals surface area contributed by atoms with Gasteiger partial charge in [0, 0.05) is 31.0 Å². The molecule has 1 aromatic heterocycles. The second-order valence-electron chi connectivity index (χ2n) is 3.91. The molecular formula is C10H14N2O5S2. The zero-order valence-electron chi connectivity index (χ0n) is 10.2. The van der Waals surface area contributed by atoms with Crippen LogP contribution in [-0.2, 0) is 21.1 Å².